The largest absolute Gasteiger partial charge is 0.488 e. The zero-order valence-corrected chi connectivity index (χ0v) is 18.0. The molecule has 1 aliphatic heterocycles. The molecule has 0 saturated carbocycles. The summed E-state index contributed by atoms with van der Waals surface area (Å²) in [5.74, 6) is -0.370. The fourth-order valence-electron chi connectivity index (χ4n) is 3.25. The molecule has 0 aromatic heterocycles. The molecule has 3 aromatic rings. The van der Waals surface area contributed by atoms with Crippen molar-refractivity contribution >= 4 is 34.7 Å². The number of ether oxygens (including phenoxy) is 1. The number of non-ortho nitro benzene ring substituents is 1. The van der Waals surface area contributed by atoms with Gasteiger partial charge in [0.1, 0.15) is 18.2 Å². The Hall–Kier alpha value is -3.98. The number of nitro groups is 1. The van der Waals surface area contributed by atoms with Crippen LogP contribution in [0.5, 0.6) is 5.75 Å². The van der Waals surface area contributed by atoms with Crippen molar-refractivity contribution in [2.24, 2.45) is 0 Å². The van der Waals surface area contributed by atoms with Gasteiger partial charge in [0.05, 0.1) is 16.4 Å². The highest BCUT2D eigenvalue weighted by Crippen LogP contribution is 2.35. The highest BCUT2D eigenvalue weighted by atomic mass is 32.2. The summed E-state index contributed by atoms with van der Waals surface area (Å²) in [6, 6.07) is 18.9. The number of amides is 2. The highest BCUT2D eigenvalue weighted by Gasteiger charge is 2.35. The van der Waals surface area contributed by atoms with Gasteiger partial charge in [-0.05, 0) is 47.2 Å². The fraction of sp³-hybridized carbons (Fsp3) is 0.0833. The lowest BCUT2D eigenvalue weighted by molar-refractivity contribution is -0.384. The van der Waals surface area contributed by atoms with Gasteiger partial charge in [-0.2, -0.15) is 0 Å². The van der Waals surface area contributed by atoms with Crippen LogP contribution in [0.4, 0.5) is 14.9 Å². The van der Waals surface area contributed by atoms with Gasteiger partial charge in [-0.25, -0.2) is 4.39 Å². The van der Waals surface area contributed by atoms with E-state index in [0.29, 0.717) is 22.4 Å². The molecule has 0 aliphatic carbocycles. The van der Waals surface area contributed by atoms with E-state index in [4.69, 9.17) is 4.74 Å². The Balaban J connectivity index is 1.52. The van der Waals surface area contributed by atoms with Crippen LogP contribution in [0.3, 0.4) is 0 Å². The standard InChI is InChI=1S/C24H17FN2O5S/c25-19-8-3-6-17(11-19)15-32-21-10-2-1-7-18(21)13-22-23(28)26(24(29)33-22)14-16-5-4-9-20(12-16)27(30)31/h1-13H,14-15H2/b22-13+. The van der Waals surface area contributed by atoms with Gasteiger partial charge in [0.25, 0.3) is 16.8 Å². The Morgan fingerprint density at radius 2 is 1.76 bits per heavy atom. The number of benzene rings is 3. The van der Waals surface area contributed by atoms with Crippen LogP contribution in [-0.2, 0) is 17.9 Å². The first-order chi connectivity index (χ1) is 15.9. The molecule has 1 heterocycles. The molecule has 7 nitrogen and oxygen atoms in total. The van der Waals surface area contributed by atoms with Gasteiger partial charge in [-0.1, -0.05) is 42.5 Å². The van der Waals surface area contributed by atoms with Gasteiger partial charge >= 0.3 is 0 Å². The lowest BCUT2D eigenvalue weighted by Gasteiger charge is -2.12. The van der Waals surface area contributed by atoms with Crippen molar-refractivity contribution in [3.63, 3.8) is 0 Å². The lowest BCUT2D eigenvalue weighted by atomic mass is 10.1. The minimum absolute atomic E-state index is 0.0681. The number of rotatable bonds is 7. The van der Waals surface area contributed by atoms with Crippen molar-refractivity contribution in [2.45, 2.75) is 13.2 Å². The molecule has 0 N–H and O–H groups in total. The summed E-state index contributed by atoms with van der Waals surface area (Å²) in [7, 11) is 0. The average molecular weight is 464 g/mol. The van der Waals surface area contributed by atoms with Crippen molar-refractivity contribution in [1.82, 2.24) is 4.90 Å². The van der Waals surface area contributed by atoms with Crippen LogP contribution >= 0.6 is 11.8 Å². The minimum Gasteiger partial charge on any atom is -0.488 e. The zero-order chi connectivity index (χ0) is 23.4. The second-order valence-corrected chi connectivity index (χ2v) is 8.14. The molecule has 3 aromatic carbocycles. The first-order valence-electron chi connectivity index (χ1n) is 9.86. The van der Waals surface area contributed by atoms with E-state index < -0.39 is 16.1 Å². The molecule has 1 fully saturated rings. The third kappa shape index (κ3) is 5.27. The van der Waals surface area contributed by atoms with E-state index in [0.717, 1.165) is 16.7 Å². The van der Waals surface area contributed by atoms with E-state index in [2.05, 4.69) is 0 Å². The van der Waals surface area contributed by atoms with Gasteiger partial charge < -0.3 is 4.74 Å². The maximum Gasteiger partial charge on any atom is 0.293 e. The molecule has 166 valence electrons. The van der Waals surface area contributed by atoms with E-state index in [1.54, 1.807) is 48.5 Å². The topological polar surface area (TPSA) is 89.8 Å². The van der Waals surface area contributed by atoms with Crippen LogP contribution in [0.25, 0.3) is 6.08 Å². The number of para-hydroxylation sites is 1. The molecular formula is C24H17FN2O5S. The molecule has 33 heavy (non-hydrogen) atoms. The first-order valence-corrected chi connectivity index (χ1v) is 10.7. The molecule has 0 spiro atoms. The monoisotopic (exact) mass is 464 g/mol. The maximum atomic E-state index is 13.4. The molecule has 9 heteroatoms. The summed E-state index contributed by atoms with van der Waals surface area (Å²) in [5, 5.41) is 10.5. The van der Waals surface area contributed by atoms with Crippen LogP contribution in [0.2, 0.25) is 0 Å². The van der Waals surface area contributed by atoms with E-state index in [-0.39, 0.29) is 29.6 Å². The van der Waals surface area contributed by atoms with E-state index >= 15 is 0 Å². The minimum atomic E-state index is -0.530. The number of nitro benzene ring substituents is 1. The molecule has 2 amide bonds. The third-order valence-electron chi connectivity index (χ3n) is 4.82. The Labute approximate surface area is 192 Å². The first kappa shape index (κ1) is 22.2. The molecule has 1 saturated heterocycles. The molecule has 0 bridgehead atoms. The summed E-state index contributed by atoms with van der Waals surface area (Å²) < 4.78 is 19.2. The normalized spacial score (nSPS) is 14.7. The van der Waals surface area contributed by atoms with Gasteiger partial charge in [0.15, 0.2) is 0 Å². The molecule has 4 rings (SSSR count). The Kier molecular flexibility index (Phi) is 6.50. The summed E-state index contributed by atoms with van der Waals surface area (Å²) in [5.41, 5.74) is 1.61. The summed E-state index contributed by atoms with van der Waals surface area (Å²) >= 11 is 0.791. The van der Waals surface area contributed by atoms with Crippen LogP contribution in [0.1, 0.15) is 16.7 Å². The molecule has 0 atom stereocenters. The third-order valence-corrected chi connectivity index (χ3v) is 5.73. The van der Waals surface area contributed by atoms with Gasteiger partial charge in [-0.3, -0.25) is 24.6 Å². The second-order valence-electron chi connectivity index (χ2n) is 7.15. The Morgan fingerprint density at radius 1 is 1.00 bits per heavy atom. The van der Waals surface area contributed by atoms with Crippen molar-refractivity contribution in [1.29, 1.82) is 0 Å². The van der Waals surface area contributed by atoms with Crippen LogP contribution in [-0.4, -0.2) is 21.0 Å². The fourth-order valence-corrected chi connectivity index (χ4v) is 4.08. The molecular weight excluding hydrogens is 447 g/mol. The van der Waals surface area contributed by atoms with Crippen LogP contribution < -0.4 is 4.74 Å². The van der Waals surface area contributed by atoms with E-state index in [1.807, 2.05) is 0 Å². The number of nitrogens with zero attached hydrogens (tertiary/aromatic N) is 2. The Morgan fingerprint density at radius 3 is 2.55 bits per heavy atom. The highest BCUT2D eigenvalue weighted by molar-refractivity contribution is 8.18. The lowest BCUT2D eigenvalue weighted by Crippen LogP contribution is -2.27. The SMILES string of the molecule is O=C1S/C(=C/c2ccccc2OCc2cccc(F)c2)C(=O)N1Cc1cccc([N+](=O)[O-])c1. The van der Waals surface area contributed by atoms with Crippen molar-refractivity contribution < 1.29 is 23.6 Å². The molecule has 1 aliphatic rings. The van der Waals surface area contributed by atoms with Crippen LogP contribution in [0.15, 0.2) is 77.7 Å². The van der Waals surface area contributed by atoms with Crippen molar-refractivity contribution in [2.75, 3.05) is 0 Å². The number of halogens is 1. The maximum absolute atomic E-state index is 13.4. The van der Waals surface area contributed by atoms with Gasteiger partial charge in [-0.15, -0.1) is 0 Å². The number of hydrogen-bond acceptors (Lipinski definition) is 6. The molecule has 0 radical (unpaired) electrons. The molecule has 0 unspecified atom stereocenters. The summed E-state index contributed by atoms with van der Waals surface area (Å²) in [6.07, 6.45) is 1.57. The van der Waals surface area contributed by atoms with Gasteiger partial charge in [0, 0.05) is 17.7 Å². The van der Waals surface area contributed by atoms with E-state index in [1.165, 1.54) is 30.3 Å². The smallest absolute Gasteiger partial charge is 0.293 e. The predicted octanol–water partition coefficient (Wildman–Crippen LogP) is 5.55. The summed E-state index contributed by atoms with van der Waals surface area (Å²) in [4.78, 5) is 37.0. The van der Waals surface area contributed by atoms with Crippen molar-refractivity contribution in [3.05, 3.63) is 110 Å². The Bertz CT molecular complexity index is 1280. The average Bonchev–Trinajstić information content (AvgIpc) is 3.06. The number of imide groups is 1. The summed E-state index contributed by atoms with van der Waals surface area (Å²) in [6.45, 7) is 0.0677. The number of hydrogen-bond donors (Lipinski definition) is 0. The number of thioether (sulfide) groups is 1. The van der Waals surface area contributed by atoms with Crippen molar-refractivity contribution in [3.8, 4) is 5.75 Å². The van der Waals surface area contributed by atoms with E-state index in [9.17, 15) is 24.1 Å². The van der Waals surface area contributed by atoms with Crippen LogP contribution in [0, 0.1) is 15.9 Å². The zero-order valence-electron chi connectivity index (χ0n) is 17.1. The van der Waals surface area contributed by atoms with Gasteiger partial charge in [0.2, 0.25) is 0 Å². The predicted molar refractivity (Wildman–Crippen MR) is 122 cm³/mol. The number of carbonyl (C=O) groups excluding carboxylic acids is 2. The second kappa shape index (κ2) is 9.66. The quantitative estimate of drug-likeness (QED) is 0.259. The number of carbonyl (C=O) groups is 2.